The maximum Gasteiger partial charge on any atom is 0.0561 e. The average molecular weight is 802 g/mol. The maximum absolute atomic E-state index is 2.47. The van der Waals surface area contributed by atoms with Gasteiger partial charge in [0.1, 0.15) is 0 Å². The summed E-state index contributed by atoms with van der Waals surface area (Å²) in [5.41, 5.74) is 17.7. The molecule has 3 heteroatoms. The smallest absolute Gasteiger partial charge is 0.0561 e. The molecule has 0 radical (unpaired) electrons. The molecule has 0 N–H and O–H groups in total. The number of aromatic nitrogens is 3. The molecule has 0 spiro atoms. The molecule has 0 atom stereocenters. The summed E-state index contributed by atoms with van der Waals surface area (Å²) < 4.78 is 7.33. The van der Waals surface area contributed by atoms with E-state index in [1.807, 2.05) is 0 Å². The van der Waals surface area contributed by atoms with Gasteiger partial charge in [-0.1, -0.05) is 158 Å². The Morgan fingerprint density at radius 3 is 0.984 bits per heavy atom. The lowest BCUT2D eigenvalue weighted by Gasteiger charge is -2.14. The lowest BCUT2D eigenvalue weighted by atomic mass is 10.0. The highest BCUT2D eigenvalue weighted by Crippen LogP contribution is 2.41. The number of hydrogen-bond acceptors (Lipinski definition) is 0. The van der Waals surface area contributed by atoms with Crippen LogP contribution in [0.25, 0.3) is 116 Å². The molecule has 0 aliphatic heterocycles. The Bertz CT molecular complexity index is 3740. The van der Waals surface area contributed by atoms with Crippen molar-refractivity contribution in [3.8, 4) is 50.4 Å². The largest absolute Gasteiger partial charge is 0.309 e. The predicted octanol–water partition coefficient (Wildman–Crippen LogP) is 16.0. The fraction of sp³-hybridized carbons (Fsp3) is 0. The van der Waals surface area contributed by atoms with E-state index in [9.17, 15) is 0 Å². The van der Waals surface area contributed by atoms with Crippen molar-refractivity contribution in [1.82, 2.24) is 13.7 Å². The molecule has 0 fully saturated rings. The highest BCUT2D eigenvalue weighted by molar-refractivity contribution is 6.14. The highest BCUT2D eigenvalue weighted by atomic mass is 15.0. The van der Waals surface area contributed by atoms with E-state index < -0.39 is 0 Å². The van der Waals surface area contributed by atoms with Gasteiger partial charge in [-0.3, -0.25) is 0 Å². The van der Waals surface area contributed by atoms with Gasteiger partial charge in [0.2, 0.25) is 0 Å². The standard InChI is InChI=1S/C60H39N3/c1-4-15-40(16-5-1)43-27-32-57-52(35-43)51-31-30-48(39-60(51)63(57)47-22-14-21-46(38-47)61-55-25-12-10-23-49(55)50-24-11-13-26-56(50)61)62-58-33-28-44(41-17-6-2-7-18-41)36-53(58)54-37-45(29-34-59(54)62)42-19-8-3-9-20-42/h1-39H. The molecule has 0 amide bonds. The summed E-state index contributed by atoms with van der Waals surface area (Å²) in [4.78, 5) is 0. The van der Waals surface area contributed by atoms with Crippen LogP contribution in [0, 0.1) is 0 Å². The van der Waals surface area contributed by atoms with Crippen LogP contribution in [-0.4, -0.2) is 13.7 Å². The monoisotopic (exact) mass is 801 g/mol. The van der Waals surface area contributed by atoms with Crippen molar-refractivity contribution >= 4 is 65.4 Å². The van der Waals surface area contributed by atoms with E-state index in [2.05, 4.69) is 250 Å². The lowest BCUT2D eigenvalue weighted by Crippen LogP contribution is -1.99. The summed E-state index contributed by atoms with van der Waals surface area (Å²) in [6.07, 6.45) is 0. The van der Waals surface area contributed by atoms with Crippen LogP contribution in [-0.2, 0) is 0 Å². The summed E-state index contributed by atoms with van der Waals surface area (Å²) in [6.45, 7) is 0. The Balaban J connectivity index is 1.07. The number of nitrogens with zero attached hydrogens (tertiary/aromatic N) is 3. The van der Waals surface area contributed by atoms with Gasteiger partial charge < -0.3 is 13.7 Å². The molecule has 0 aliphatic rings. The predicted molar refractivity (Wildman–Crippen MR) is 266 cm³/mol. The maximum atomic E-state index is 2.47. The third-order valence-corrected chi connectivity index (χ3v) is 13.0. The fourth-order valence-corrected chi connectivity index (χ4v) is 10.1. The zero-order chi connectivity index (χ0) is 41.4. The van der Waals surface area contributed by atoms with Gasteiger partial charge in [0.15, 0.2) is 0 Å². The Morgan fingerprint density at radius 1 is 0.175 bits per heavy atom. The number of benzene rings is 10. The topological polar surface area (TPSA) is 14.8 Å². The molecule has 0 bridgehead atoms. The van der Waals surface area contributed by atoms with E-state index >= 15 is 0 Å². The first kappa shape index (κ1) is 35.4. The first-order chi connectivity index (χ1) is 31.2. The summed E-state index contributed by atoms with van der Waals surface area (Å²) >= 11 is 0. The van der Waals surface area contributed by atoms with Crippen molar-refractivity contribution in [3.05, 3.63) is 237 Å². The summed E-state index contributed by atoms with van der Waals surface area (Å²) in [7, 11) is 0. The number of para-hydroxylation sites is 2. The third-order valence-electron chi connectivity index (χ3n) is 13.0. The van der Waals surface area contributed by atoms with Crippen LogP contribution in [0.2, 0.25) is 0 Å². The van der Waals surface area contributed by atoms with Crippen LogP contribution in [0.3, 0.4) is 0 Å². The van der Waals surface area contributed by atoms with E-state index in [0.29, 0.717) is 0 Å². The summed E-state index contributed by atoms with van der Waals surface area (Å²) in [6, 6.07) is 86.6. The SMILES string of the molecule is c1ccc(-c2ccc3c(c2)c2cc(-c4ccccc4)ccc2n3-c2ccc3c4cc(-c5ccccc5)ccc4n(-c4cccc(-n5c6ccccc6c6ccccc65)c4)c3c2)cc1. The lowest BCUT2D eigenvalue weighted by molar-refractivity contribution is 1.13. The van der Waals surface area contributed by atoms with Crippen LogP contribution < -0.4 is 0 Å². The summed E-state index contributed by atoms with van der Waals surface area (Å²) in [5.74, 6) is 0. The normalized spacial score (nSPS) is 11.8. The molecular formula is C60H39N3. The molecule has 63 heavy (non-hydrogen) atoms. The van der Waals surface area contributed by atoms with Crippen molar-refractivity contribution in [2.75, 3.05) is 0 Å². The van der Waals surface area contributed by atoms with Crippen LogP contribution in [0.1, 0.15) is 0 Å². The first-order valence-electron chi connectivity index (χ1n) is 21.7. The molecule has 0 unspecified atom stereocenters. The van der Waals surface area contributed by atoms with E-state index in [1.54, 1.807) is 0 Å². The molecule has 0 saturated heterocycles. The molecule has 3 aromatic heterocycles. The van der Waals surface area contributed by atoms with Crippen molar-refractivity contribution in [2.45, 2.75) is 0 Å². The zero-order valence-corrected chi connectivity index (χ0v) is 34.4. The van der Waals surface area contributed by atoms with Crippen LogP contribution >= 0.6 is 0 Å². The number of fused-ring (bicyclic) bond motifs is 9. The van der Waals surface area contributed by atoms with Crippen molar-refractivity contribution in [1.29, 1.82) is 0 Å². The van der Waals surface area contributed by atoms with Crippen LogP contribution in [0.4, 0.5) is 0 Å². The average Bonchev–Trinajstić information content (AvgIpc) is 3.99. The van der Waals surface area contributed by atoms with Crippen LogP contribution in [0.15, 0.2) is 237 Å². The molecule has 3 nitrogen and oxygen atoms in total. The quantitative estimate of drug-likeness (QED) is 0.159. The van der Waals surface area contributed by atoms with Gasteiger partial charge in [-0.15, -0.1) is 0 Å². The van der Waals surface area contributed by atoms with Crippen molar-refractivity contribution in [2.24, 2.45) is 0 Å². The van der Waals surface area contributed by atoms with Gasteiger partial charge in [-0.05, 0) is 112 Å². The van der Waals surface area contributed by atoms with Crippen molar-refractivity contribution in [3.63, 3.8) is 0 Å². The van der Waals surface area contributed by atoms with Gasteiger partial charge in [0.25, 0.3) is 0 Å². The van der Waals surface area contributed by atoms with Gasteiger partial charge in [-0.2, -0.15) is 0 Å². The molecule has 10 aromatic carbocycles. The minimum Gasteiger partial charge on any atom is -0.309 e. The van der Waals surface area contributed by atoms with Gasteiger partial charge in [0, 0.05) is 49.4 Å². The van der Waals surface area contributed by atoms with Crippen LogP contribution in [0.5, 0.6) is 0 Å². The van der Waals surface area contributed by atoms with E-state index in [1.165, 1.54) is 93.3 Å². The second-order valence-electron chi connectivity index (χ2n) is 16.6. The molecule has 294 valence electrons. The Labute approximate surface area is 364 Å². The van der Waals surface area contributed by atoms with Gasteiger partial charge in [-0.25, -0.2) is 0 Å². The summed E-state index contributed by atoms with van der Waals surface area (Å²) in [5, 5.41) is 7.42. The highest BCUT2D eigenvalue weighted by Gasteiger charge is 2.20. The molecule has 3 heterocycles. The van der Waals surface area contributed by atoms with Gasteiger partial charge >= 0.3 is 0 Å². The first-order valence-corrected chi connectivity index (χ1v) is 21.7. The van der Waals surface area contributed by atoms with E-state index in [-0.39, 0.29) is 0 Å². The molecule has 13 aromatic rings. The second kappa shape index (κ2) is 14.1. The minimum absolute atomic E-state index is 1.11. The van der Waals surface area contributed by atoms with Gasteiger partial charge in [0.05, 0.1) is 33.1 Å². The molecular weight excluding hydrogens is 763 g/mol. The second-order valence-corrected chi connectivity index (χ2v) is 16.6. The minimum atomic E-state index is 1.11. The Kier molecular flexibility index (Phi) is 7.91. The fourth-order valence-electron chi connectivity index (χ4n) is 10.1. The molecule has 13 rings (SSSR count). The zero-order valence-electron chi connectivity index (χ0n) is 34.4. The molecule has 0 aliphatic carbocycles. The van der Waals surface area contributed by atoms with Crippen molar-refractivity contribution < 1.29 is 0 Å². The van der Waals surface area contributed by atoms with E-state index in [4.69, 9.17) is 0 Å². The Morgan fingerprint density at radius 2 is 0.524 bits per heavy atom. The molecule has 0 saturated carbocycles. The number of hydrogen-bond donors (Lipinski definition) is 0. The van der Waals surface area contributed by atoms with E-state index in [0.717, 1.165) is 22.6 Å². The number of rotatable bonds is 6. The Hall–Kier alpha value is -8.40. The third kappa shape index (κ3) is 5.60.